The summed E-state index contributed by atoms with van der Waals surface area (Å²) in [4.78, 5) is 12.5. The molecule has 3 nitrogen and oxygen atoms in total. The smallest absolute Gasteiger partial charge is 0.225 e. The van der Waals surface area contributed by atoms with E-state index in [-0.39, 0.29) is 29.1 Å². The van der Waals surface area contributed by atoms with Crippen LogP contribution in [-0.2, 0) is 4.79 Å². The topological polar surface area (TPSA) is 41.1 Å². The first-order valence-corrected chi connectivity index (χ1v) is 7.55. The quantitative estimate of drug-likeness (QED) is 0.899. The number of amides is 1. The zero-order valence-corrected chi connectivity index (χ0v) is 13.2. The Morgan fingerprint density at radius 1 is 1.29 bits per heavy atom. The van der Waals surface area contributed by atoms with Gasteiger partial charge in [0, 0.05) is 6.54 Å². The third-order valence-electron chi connectivity index (χ3n) is 4.21. The summed E-state index contributed by atoms with van der Waals surface area (Å²) >= 11 is 0. The predicted octanol–water partition coefficient (Wildman–Crippen LogP) is 2.88. The second-order valence-corrected chi connectivity index (χ2v) is 7.10. The third kappa shape index (κ3) is 3.82. The van der Waals surface area contributed by atoms with Crippen molar-refractivity contribution in [2.75, 3.05) is 13.1 Å². The Labute approximate surface area is 126 Å². The van der Waals surface area contributed by atoms with Crippen LogP contribution in [0.1, 0.15) is 39.3 Å². The molecule has 4 heteroatoms. The fourth-order valence-electron chi connectivity index (χ4n) is 2.87. The van der Waals surface area contributed by atoms with Crippen molar-refractivity contribution in [3.05, 3.63) is 35.6 Å². The normalized spacial score (nSPS) is 23.9. The van der Waals surface area contributed by atoms with Crippen molar-refractivity contribution < 1.29 is 9.18 Å². The van der Waals surface area contributed by atoms with Crippen LogP contribution in [0, 0.1) is 23.1 Å². The van der Waals surface area contributed by atoms with Gasteiger partial charge in [-0.1, -0.05) is 39.8 Å². The Morgan fingerprint density at radius 3 is 2.38 bits per heavy atom. The van der Waals surface area contributed by atoms with Crippen LogP contribution in [0.25, 0.3) is 0 Å². The van der Waals surface area contributed by atoms with Gasteiger partial charge in [0.05, 0.1) is 12.0 Å². The predicted molar refractivity (Wildman–Crippen MR) is 82.3 cm³/mol. The summed E-state index contributed by atoms with van der Waals surface area (Å²) in [7, 11) is 0. The average Bonchev–Trinajstić information content (AvgIpc) is 2.82. The van der Waals surface area contributed by atoms with Gasteiger partial charge >= 0.3 is 0 Å². The molecule has 0 saturated carbocycles. The van der Waals surface area contributed by atoms with Gasteiger partial charge in [-0.2, -0.15) is 0 Å². The molecule has 0 spiro atoms. The number of benzene rings is 1. The van der Waals surface area contributed by atoms with Crippen molar-refractivity contribution in [2.45, 2.75) is 33.7 Å². The van der Waals surface area contributed by atoms with Gasteiger partial charge in [0.2, 0.25) is 5.91 Å². The van der Waals surface area contributed by atoms with Gasteiger partial charge in [0.1, 0.15) is 5.82 Å². The van der Waals surface area contributed by atoms with Crippen LogP contribution in [0.2, 0.25) is 0 Å². The molecule has 1 amide bonds. The summed E-state index contributed by atoms with van der Waals surface area (Å²) in [5, 5.41) is 6.42. The van der Waals surface area contributed by atoms with E-state index in [0.29, 0.717) is 5.92 Å². The molecule has 3 atom stereocenters. The van der Waals surface area contributed by atoms with Gasteiger partial charge < -0.3 is 10.6 Å². The van der Waals surface area contributed by atoms with Gasteiger partial charge in [0.25, 0.3) is 0 Å². The monoisotopic (exact) mass is 292 g/mol. The minimum absolute atomic E-state index is 0.00954. The van der Waals surface area contributed by atoms with Crippen molar-refractivity contribution in [1.82, 2.24) is 10.6 Å². The van der Waals surface area contributed by atoms with Crippen LogP contribution < -0.4 is 10.6 Å². The van der Waals surface area contributed by atoms with Crippen molar-refractivity contribution in [3.63, 3.8) is 0 Å². The molecule has 1 aliphatic heterocycles. The van der Waals surface area contributed by atoms with E-state index in [1.165, 1.54) is 12.1 Å². The number of hydrogen-bond acceptors (Lipinski definition) is 2. The molecule has 2 rings (SSSR count). The van der Waals surface area contributed by atoms with Crippen LogP contribution in [0.3, 0.4) is 0 Å². The Hall–Kier alpha value is -1.42. The summed E-state index contributed by atoms with van der Waals surface area (Å²) in [6.45, 7) is 9.95. The van der Waals surface area contributed by atoms with Crippen LogP contribution in [0.5, 0.6) is 0 Å². The summed E-state index contributed by atoms with van der Waals surface area (Å²) in [5.41, 5.74) is 0.804. The number of nitrogens with one attached hydrogen (secondary N) is 2. The molecule has 1 saturated heterocycles. The lowest BCUT2D eigenvalue weighted by molar-refractivity contribution is -0.127. The number of carbonyl (C=O) groups is 1. The molecule has 21 heavy (non-hydrogen) atoms. The largest absolute Gasteiger partial charge is 0.348 e. The van der Waals surface area contributed by atoms with Crippen molar-refractivity contribution in [1.29, 1.82) is 0 Å². The highest BCUT2D eigenvalue weighted by atomic mass is 19.1. The Morgan fingerprint density at radius 2 is 1.90 bits per heavy atom. The summed E-state index contributed by atoms with van der Waals surface area (Å²) in [6.07, 6.45) is 0. The van der Waals surface area contributed by atoms with Gasteiger partial charge in [0.15, 0.2) is 0 Å². The van der Waals surface area contributed by atoms with E-state index in [0.717, 1.165) is 18.7 Å². The van der Waals surface area contributed by atoms with Crippen LogP contribution in [-0.4, -0.2) is 19.0 Å². The lowest BCUT2D eigenvalue weighted by atomic mass is 9.81. The molecule has 1 aliphatic rings. The molecular formula is C17H25FN2O. The second kappa shape index (κ2) is 6.14. The molecule has 1 unspecified atom stereocenters. The second-order valence-electron chi connectivity index (χ2n) is 7.10. The highest BCUT2D eigenvalue weighted by Gasteiger charge is 2.34. The molecular weight excluding hydrogens is 267 g/mol. The van der Waals surface area contributed by atoms with Gasteiger partial charge in [-0.25, -0.2) is 4.39 Å². The maximum atomic E-state index is 13.1. The zero-order chi connectivity index (χ0) is 15.6. The molecule has 1 aromatic carbocycles. The number of halogens is 1. The van der Waals surface area contributed by atoms with Gasteiger partial charge in [-0.15, -0.1) is 0 Å². The fraction of sp³-hybridized carbons (Fsp3) is 0.588. The lowest BCUT2D eigenvalue weighted by Crippen LogP contribution is -2.41. The minimum atomic E-state index is -0.258. The van der Waals surface area contributed by atoms with E-state index in [4.69, 9.17) is 0 Å². The van der Waals surface area contributed by atoms with Gasteiger partial charge in [-0.05, 0) is 35.6 Å². The van der Waals surface area contributed by atoms with Crippen molar-refractivity contribution in [2.24, 2.45) is 17.3 Å². The molecule has 1 aromatic rings. The number of hydrogen-bond donors (Lipinski definition) is 2. The van der Waals surface area contributed by atoms with Gasteiger partial charge in [-0.3, -0.25) is 4.79 Å². The number of rotatable bonds is 3. The van der Waals surface area contributed by atoms with Crippen LogP contribution in [0.15, 0.2) is 24.3 Å². The molecule has 0 bridgehead atoms. The first-order valence-electron chi connectivity index (χ1n) is 7.55. The third-order valence-corrected chi connectivity index (χ3v) is 4.21. The molecule has 0 aromatic heterocycles. The maximum absolute atomic E-state index is 13.1. The van der Waals surface area contributed by atoms with E-state index in [1.54, 1.807) is 12.1 Å². The first kappa shape index (κ1) is 16.0. The highest BCUT2D eigenvalue weighted by molar-refractivity contribution is 5.80. The molecule has 0 radical (unpaired) electrons. The van der Waals surface area contributed by atoms with Crippen LogP contribution in [0.4, 0.5) is 4.39 Å². The summed E-state index contributed by atoms with van der Waals surface area (Å²) in [6, 6.07) is 6.27. The lowest BCUT2D eigenvalue weighted by Gasteiger charge is -2.33. The molecule has 1 fully saturated rings. The Kier molecular flexibility index (Phi) is 4.67. The molecule has 1 heterocycles. The zero-order valence-electron chi connectivity index (χ0n) is 13.2. The summed E-state index contributed by atoms with van der Waals surface area (Å²) in [5.74, 6) is 0.178. The van der Waals surface area contributed by atoms with Crippen LogP contribution >= 0.6 is 0 Å². The van der Waals surface area contributed by atoms with E-state index in [2.05, 4.69) is 38.3 Å². The fourth-order valence-corrected chi connectivity index (χ4v) is 2.87. The van der Waals surface area contributed by atoms with Crippen molar-refractivity contribution >= 4 is 5.91 Å². The highest BCUT2D eigenvalue weighted by Crippen LogP contribution is 2.33. The Balaban J connectivity index is 2.17. The molecule has 116 valence electrons. The van der Waals surface area contributed by atoms with E-state index in [1.807, 2.05) is 0 Å². The average molecular weight is 292 g/mol. The molecule has 0 aliphatic carbocycles. The summed E-state index contributed by atoms with van der Waals surface area (Å²) < 4.78 is 13.1. The molecule has 2 N–H and O–H groups in total. The van der Waals surface area contributed by atoms with E-state index >= 15 is 0 Å². The standard InChI is InChI=1S/C17H25FN2O/c1-11-9-19-10-14(11)16(21)20-15(17(2,3)4)12-5-7-13(18)8-6-12/h5-8,11,14-15,19H,9-10H2,1-4H3,(H,20,21)/t11-,14-,15?/m1/s1. The minimum Gasteiger partial charge on any atom is -0.348 e. The maximum Gasteiger partial charge on any atom is 0.225 e. The van der Waals surface area contributed by atoms with Crippen molar-refractivity contribution in [3.8, 4) is 0 Å². The SMILES string of the molecule is C[C@@H]1CNC[C@H]1C(=O)NC(c1ccc(F)cc1)C(C)(C)C. The first-order chi connectivity index (χ1) is 9.79. The van der Waals surface area contributed by atoms with E-state index in [9.17, 15) is 9.18 Å². The van der Waals surface area contributed by atoms with E-state index < -0.39 is 0 Å². The Bertz CT molecular complexity index is 493. The number of carbonyl (C=O) groups excluding carboxylic acids is 1.